The van der Waals surface area contributed by atoms with E-state index in [-0.39, 0.29) is 17.7 Å². The molecule has 2 saturated carbocycles. The minimum atomic E-state index is -0.854. The summed E-state index contributed by atoms with van der Waals surface area (Å²) in [6.45, 7) is 0.978. The van der Waals surface area contributed by atoms with Crippen LogP contribution in [0.5, 0.6) is 0 Å². The van der Waals surface area contributed by atoms with Gasteiger partial charge in [-0.15, -0.1) is 6.42 Å². The monoisotopic (exact) mass is 273 g/mol. The van der Waals surface area contributed by atoms with Crippen LogP contribution in [0, 0.1) is 41.9 Å². The van der Waals surface area contributed by atoms with E-state index >= 15 is 0 Å². The van der Waals surface area contributed by atoms with Gasteiger partial charge in [-0.1, -0.05) is 18.1 Å². The van der Waals surface area contributed by atoms with Gasteiger partial charge in [0.1, 0.15) is 0 Å². The average molecular weight is 273 g/mol. The number of allylic oxidation sites excluding steroid dienone is 2. The molecule has 2 bridgehead atoms. The number of aliphatic carboxylic acids is 1. The Morgan fingerprint density at radius 3 is 2.45 bits per heavy atom. The van der Waals surface area contributed by atoms with Gasteiger partial charge in [0.2, 0.25) is 5.91 Å². The summed E-state index contributed by atoms with van der Waals surface area (Å²) in [6, 6.07) is 0. The molecule has 4 atom stereocenters. The van der Waals surface area contributed by atoms with Gasteiger partial charge < -0.3 is 10.0 Å². The fourth-order valence-corrected chi connectivity index (χ4v) is 3.66. The summed E-state index contributed by atoms with van der Waals surface area (Å²) in [6.07, 6.45) is 12.4. The third kappa shape index (κ3) is 2.22. The van der Waals surface area contributed by atoms with Crippen molar-refractivity contribution in [3.63, 3.8) is 0 Å². The molecule has 0 heterocycles. The van der Waals surface area contributed by atoms with Crippen LogP contribution in [0.15, 0.2) is 12.2 Å². The van der Waals surface area contributed by atoms with E-state index in [0.717, 1.165) is 19.3 Å². The number of hydrogen-bond donors (Lipinski definition) is 1. The van der Waals surface area contributed by atoms with Crippen LogP contribution < -0.4 is 0 Å². The fourth-order valence-electron chi connectivity index (χ4n) is 3.66. The van der Waals surface area contributed by atoms with E-state index in [9.17, 15) is 14.7 Å². The third-order valence-corrected chi connectivity index (χ3v) is 4.80. The molecular formula is C16H19NO3. The lowest BCUT2D eigenvalue weighted by Gasteiger charge is -2.30. The van der Waals surface area contributed by atoms with Gasteiger partial charge >= 0.3 is 5.97 Å². The zero-order valence-electron chi connectivity index (χ0n) is 11.4. The van der Waals surface area contributed by atoms with Gasteiger partial charge in [0, 0.05) is 6.54 Å². The van der Waals surface area contributed by atoms with Gasteiger partial charge in [-0.05, 0) is 37.0 Å². The van der Waals surface area contributed by atoms with Crippen LogP contribution in [0.4, 0.5) is 0 Å². The standard InChI is InChI=1S/C16H19NO3/c1-2-7-17(9-10-3-4-10)15(18)13-11-5-6-12(8-11)14(13)16(19)20/h1,5-6,10-14H,3-4,7-9H2,(H,19,20)/t11?,12?,13-,14+/m0/s1. The maximum Gasteiger partial charge on any atom is 0.307 e. The lowest BCUT2D eigenvalue weighted by Crippen LogP contribution is -2.44. The van der Waals surface area contributed by atoms with Gasteiger partial charge in [-0.2, -0.15) is 0 Å². The van der Waals surface area contributed by atoms with Crippen LogP contribution in [0.3, 0.4) is 0 Å². The molecule has 0 radical (unpaired) electrons. The summed E-state index contributed by atoms with van der Waals surface area (Å²) >= 11 is 0. The van der Waals surface area contributed by atoms with Gasteiger partial charge in [0.05, 0.1) is 18.4 Å². The zero-order chi connectivity index (χ0) is 14.3. The fraction of sp³-hybridized carbons (Fsp3) is 0.625. The van der Waals surface area contributed by atoms with Crippen LogP contribution >= 0.6 is 0 Å². The highest BCUT2D eigenvalue weighted by atomic mass is 16.4. The zero-order valence-corrected chi connectivity index (χ0v) is 11.4. The maximum absolute atomic E-state index is 12.7. The Kier molecular flexibility index (Phi) is 3.29. The molecule has 4 heteroatoms. The van der Waals surface area contributed by atoms with Crippen molar-refractivity contribution in [3.8, 4) is 12.3 Å². The van der Waals surface area contributed by atoms with Crippen LogP contribution in [0.25, 0.3) is 0 Å². The quantitative estimate of drug-likeness (QED) is 0.608. The summed E-state index contributed by atoms with van der Waals surface area (Å²) in [4.78, 5) is 25.9. The smallest absolute Gasteiger partial charge is 0.307 e. The second kappa shape index (κ2) is 4.97. The Morgan fingerprint density at radius 1 is 1.25 bits per heavy atom. The number of hydrogen-bond acceptors (Lipinski definition) is 2. The van der Waals surface area contributed by atoms with Crippen molar-refractivity contribution >= 4 is 11.9 Å². The van der Waals surface area contributed by atoms with E-state index in [1.807, 2.05) is 12.2 Å². The summed E-state index contributed by atoms with van der Waals surface area (Å²) < 4.78 is 0. The Balaban J connectivity index is 1.78. The normalized spacial score (nSPS) is 34.0. The number of carboxylic acid groups (broad SMARTS) is 1. The number of fused-ring (bicyclic) bond motifs is 2. The second-order valence-corrected chi connectivity index (χ2v) is 6.20. The predicted molar refractivity (Wildman–Crippen MR) is 73.5 cm³/mol. The highest BCUT2D eigenvalue weighted by Crippen LogP contribution is 2.49. The maximum atomic E-state index is 12.7. The molecule has 0 aromatic rings. The van der Waals surface area contributed by atoms with Gasteiger partial charge in [-0.25, -0.2) is 0 Å². The molecule has 106 valence electrons. The van der Waals surface area contributed by atoms with E-state index in [4.69, 9.17) is 6.42 Å². The molecule has 1 amide bonds. The molecule has 0 aromatic carbocycles. The SMILES string of the molecule is C#CCN(CC1CC1)C(=O)[C@H]1C2C=CC(C2)[C@H]1C(=O)O. The van der Waals surface area contributed by atoms with E-state index in [1.54, 1.807) is 4.90 Å². The number of rotatable bonds is 5. The number of carboxylic acids is 1. The summed E-state index contributed by atoms with van der Waals surface area (Å²) in [5.41, 5.74) is 0. The minimum absolute atomic E-state index is 0.0139. The molecule has 0 saturated heterocycles. The average Bonchev–Trinajstić information content (AvgIpc) is 3.00. The number of carbonyl (C=O) groups is 2. The molecule has 3 aliphatic carbocycles. The molecule has 0 aliphatic heterocycles. The Hall–Kier alpha value is -1.76. The first-order valence-electron chi connectivity index (χ1n) is 7.25. The van der Waals surface area contributed by atoms with Crippen molar-refractivity contribution in [2.45, 2.75) is 19.3 Å². The molecule has 3 aliphatic rings. The van der Waals surface area contributed by atoms with Crippen molar-refractivity contribution in [2.24, 2.45) is 29.6 Å². The molecule has 2 fully saturated rings. The first kappa shape index (κ1) is 13.2. The topological polar surface area (TPSA) is 57.6 Å². The lowest BCUT2D eigenvalue weighted by atomic mass is 9.82. The first-order valence-corrected chi connectivity index (χ1v) is 7.25. The minimum Gasteiger partial charge on any atom is -0.481 e. The predicted octanol–water partition coefficient (Wildman–Crippen LogP) is 1.38. The van der Waals surface area contributed by atoms with E-state index < -0.39 is 17.8 Å². The van der Waals surface area contributed by atoms with Gasteiger partial charge in [-0.3, -0.25) is 9.59 Å². The summed E-state index contributed by atoms with van der Waals surface area (Å²) in [5, 5.41) is 9.42. The molecule has 3 rings (SSSR count). The third-order valence-electron chi connectivity index (χ3n) is 4.80. The largest absolute Gasteiger partial charge is 0.481 e. The Bertz CT molecular complexity index is 500. The first-order chi connectivity index (χ1) is 9.61. The second-order valence-electron chi connectivity index (χ2n) is 6.20. The number of terminal acetylenes is 1. The van der Waals surface area contributed by atoms with Crippen molar-refractivity contribution in [1.29, 1.82) is 0 Å². The molecule has 4 nitrogen and oxygen atoms in total. The number of nitrogens with zero attached hydrogens (tertiary/aromatic N) is 1. The molecular weight excluding hydrogens is 254 g/mol. The Morgan fingerprint density at radius 2 is 1.90 bits per heavy atom. The molecule has 2 unspecified atom stereocenters. The van der Waals surface area contributed by atoms with Gasteiger partial charge in [0.25, 0.3) is 0 Å². The van der Waals surface area contributed by atoms with E-state index in [1.165, 1.54) is 0 Å². The highest BCUT2D eigenvalue weighted by molar-refractivity contribution is 5.87. The van der Waals surface area contributed by atoms with E-state index in [2.05, 4.69) is 5.92 Å². The molecule has 0 aromatic heterocycles. The molecule has 20 heavy (non-hydrogen) atoms. The number of carbonyl (C=O) groups excluding carboxylic acids is 1. The van der Waals surface area contributed by atoms with Crippen molar-refractivity contribution in [1.82, 2.24) is 4.90 Å². The van der Waals surface area contributed by atoms with Crippen LogP contribution in [-0.4, -0.2) is 35.0 Å². The van der Waals surface area contributed by atoms with Crippen molar-refractivity contribution in [3.05, 3.63) is 12.2 Å². The summed E-state index contributed by atoms with van der Waals surface area (Å²) in [7, 11) is 0. The van der Waals surface area contributed by atoms with E-state index in [0.29, 0.717) is 19.0 Å². The van der Waals surface area contributed by atoms with Crippen LogP contribution in [-0.2, 0) is 9.59 Å². The lowest BCUT2D eigenvalue weighted by molar-refractivity contribution is -0.150. The van der Waals surface area contributed by atoms with Crippen LogP contribution in [0.2, 0.25) is 0 Å². The summed E-state index contributed by atoms with van der Waals surface area (Å²) in [5.74, 6) is 1.28. The number of amides is 1. The van der Waals surface area contributed by atoms with Gasteiger partial charge in [0.15, 0.2) is 0 Å². The molecule has 1 N–H and O–H groups in total. The molecule has 0 spiro atoms. The Labute approximate surface area is 118 Å². The highest BCUT2D eigenvalue weighted by Gasteiger charge is 2.52. The van der Waals surface area contributed by atoms with Crippen molar-refractivity contribution in [2.75, 3.05) is 13.1 Å². The van der Waals surface area contributed by atoms with Crippen LogP contribution in [0.1, 0.15) is 19.3 Å². The van der Waals surface area contributed by atoms with Crippen molar-refractivity contribution < 1.29 is 14.7 Å².